The van der Waals surface area contributed by atoms with Gasteiger partial charge in [0, 0.05) is 18.0 Å². The quantitative estimate of drug-likeness (QED) is 0.641. The van der Waals surface area contributed by atoms with Crippen LogP contribution in [-0.2, 0) is 6.61 Å². The summed E-state index contributed by atoms with van der Waals surface area (Å²) in [5.74, 6) is 1.58. The van der Waals surface area contributed by atoms with E-state index in [1.54, 1.807) is 6.20 Å². The average molecular weight is 302 g/mol. The first-order valence-corrected chi connectivity index (χ1v) is 6.37. The molecule has 88 valence electrons. The third kappa shape index (κ3) is 1.31. The van der Waals surface area contributed by atoms with Gasteiger partial charge in [0.2, 0.25) is 5.78 Å². The van der Waals surface area contributed by atoms with E-state index in [1.165, 1.54) is 0 Å². The second-order valence-corrected chi connectivity index (χ2v) is 5.05. The van der Waals surface area contributed by atoms with Crippen molar-refractivity contribution in [2.24, 2.45) is 0 Å². The van der Waals surface area contributed by atoms with E-state index in [0.717, 1.165) is 27.2 Å². The molecular weight excluding hydrogens is 294 g/mol. The summed E-state index contributed by atoms with van der Waals surface area (Å²) in [6, 6.07) is 7.94. The summed E-state index contributed by atoms with van der Waals surface area (Å²) >= 11 is 3.42. The van der Waals surface area contributed by atoms with Crippen LogP contribution in [0.15, 0.2) is 41.1 Å². The zero-order chi connectivity index (χ0) is 12.1. The topological polar surface area (TPSA) is 39.4 Å². The highest BCUT2D eigenvalue weighted by Crippen LogP contribution is 2.36. The molecule has 18 heavy (non-hydrogen) atoms. The Kier molecular flexibility index (Phi) is 1.99. The van der Waals surface area contributed by atoms with Crippen LogP contribution in [0.25, 0.3) is 17.0 Å². The predicted octanol–water partition coefficient (Wildman–Crippen LogP) is 3.05. The molecule has 0 aliphatic carbocycles. The van der Waals surface area contributed by atoms with E-state index in [0.29, 0.717) is 12.4 Å². The highest BCUT2D eigenvalue weighted by Gasteiger charge is 2.22. The Morgan fingerprint density at radius 1 is 1.28 bits per heavy atom. The summed E-state index contributed by atoms with van der Waals surface area (Å²) in [5.41, 5.74) is 3.03. The van der Waals surface area contributed by atoms with Crippen LogP contribution in [0.5, 0.6) is 5.75 Å². The molecule has 3 heterocycles. The van der Waals surface area contributed by atoms with Gasteiger partial charge in [0.25, 0.3) is 0 Å². The van der Waals surface area contributed by atoms with E-state index in [4.69, 9.17) is 4.74 Å². The lowest BCUT2D eigenvalue weighted by Crippen LogP contribution is -2.07. The van der Waals surface area contributed by atoms with Crippen molar-refractivity contribution in [3.63, 3.8) is 0 Å². The van der Waals surface area contributed by atoms with E-state index in [-0.39, 0.29) is 0 Å². The molecule has 3 aromatic rings. The van der Waals surface area contributed by atoms with Crippen molar-refractivity contribution < 1.29 is 4.74 Å². The standard InChI is InChI=1S/C13H8BrN3O/c14-8-5-15-13-16-12-9-3-1-2-4-11(9)18-7-10(12)17(13)6-8/h1-6H,7H2. The van der Waals surface area contributed by atoms with Crippen LogP contribution in [0.3, 0.4) is 0 Å². The van der Waals surface area contributed by atoms with Gasteiger partial charge < -0.3 is 4.74 Å². The Morgan fingerprint density at radius 2 is 2.17 bits per heavy atom. The van der Waals surface area contributed by atoms with Crippen molar-refractivity contribution in [1.82, 2.24) is 14.4 Å². The molecule has 0 atom stereocenters. The van der Waals surface area contributed by atoms with Crippen LogP contribution in [0, 0.1) is 0 Å². The first kappa shape index (κ1) is 10.1. The summed E-state index contributed by atoms with van der Waals surface area (Å²) in [7, 11) is 0. The number of hydrogen-bond donors (Lipinski definition) is 0. The molecule has 0 saturated heterocycles. The van der Waals surface area contributed by atoms with Gasteiger partial charge in [-0.15, -0.1) is 0 Å². The van der Waals surface area contributed by atoms with Crippen molar-refractivity contribution in [1.29, 1.82) is 0 Å². The number of fused-ring (bicyclic) bond motifs is 5. The number of imidazole rings is 1. The summed E-state index contributed by atoms with van der Waals surface area (Å²) < 4.78 is 8.64. The van der Waals surface area contributed by atoms with E-state index in [1.807, 2.05) is 34.9 Å². The van der Waals surface area contributed by atoms with Crippen molar-refractivity contribution >= 4 is 21.7 Å². The largest absolute Gasteiger partial charge is 0.487 e. The fourth-order valence-electron chi connectivity index (χ4n) is 2.24. The normalized spacial score (nSPS) is 12.9. The van der Waals surface area contributed by atoms with Gasteiger partial charge in [0.1, 0.15) is 18.1 Å². The molecule has 0 unspecified atom stereocenters. The minimum Gasteiger partial charge on any atom is -0.487 e. The fraction of sp³-hybridized carbons (Fsp3) is 0.0769. The van der Waals surface area contributed by atoms with Gasteiger partial charge in [-0.2, -0.15) is 0 Å². The van der Waals surface area contributed by atoms with Crippen molar-refractivity contribution in [3.05, 3.63) is 46.8 Å². The van der Waals surface area contributed by atoms with Gasteiger partial charge in [0.05, 0.1) is 10.2 Å². The lowest BCUT2D eigenvalue weighted by molar-refractivity contribution is 0.296. The van der Waals surface area contributed by atoms with E-state index >= 15 is 0 Å². The zero-order valence-corrected chi connectivity index (χ0v) is 10.9. The molecule has 1 aliphatic rings. The Bertz CT molecular complexity index is 766. The molecule has 0 saturated carbocycles. The molecule has 0 fully saturated rings. The predicted molar refractivity (Wildman–Crippen MR) is 70.5 cm³/mol. The van der Waals surface area contributed by atoms with Crippen molar-refractivity contribution in [2.45, 2.75) is 6.61 Å². The minimum atomic E-state index is 0.519. The highest BCUT2D eigenvalue weighted by atomic mass is 79.9. The van der Waals surface area contributed by atoms with Crippen LogP contribution < -0.4 is 4.74 Å². The summed E-state index contributed by atoms with van der Waals surface area (Å²) in [6.07, 6.45) is 3.71. The Hall–Kier alpha value is -1.88. The first-order valence-electron chi connectivity index (χ1n) is 5.57. The van der Waals surface area contributed by atoms with E-state index in [9.17, 15) is 0 Å². The van der Waals surface area contributed by atoms with E-state index in [2.05, 4.69) is 25.9 Å². The smallest absolute Gasteiger partial charge is 0.234 e. The Balaban J connectivity index is 2.08. The molecule has 4 rings (SSSR count). The van der Waals surface area contributed by atoms with Gasteiger partial charge >= 0.3 is 0 Å². The monoisotopic (exact) mass is 301 g/mol. The Morgan fingerprint density at radius 3 is 3.11 bits per heavy atom. The van der Waals surface area contributed by atoms with Crippen molar-refractivity contribution in [2.75, 3.05) is 0 Å². The van der Waals surface area contributed by atoms with Gasteiger partial charge in [-0.1, -0.05) is 12.1 Å². The second-order valence-electron chi connectivity index (χ2n) is 4.13. The molecule has 1 aromatic carbocycles. The van der Waals surface area contributed by atoms with E-state index < -0.39 is 0 Å². The molecule has 2 aromatic heterocycles. The number of halogens is 1. The van der Waals surface area contributed by atoms with Crippen molar-refractivity contribution in [3.8, 4) is 17.0 Å². The molecule has 4 nitrogen and oxygen atoms in total. The summed E-state index contributed by atoms with van der Waals surface area (Å²) in [6.45, 7) is 0.519. The van der Waals surface area contributed by atoms with Crippen LogP contribution in [0.2, 0.25) is 0 Å². The summed E-state index contributed by atoms with van der Waals surface area (Å²) in [4.78, 5) is 8.89. The molecule has 5 heteroatoms. The fourth-order valence-corrected chi connectivity index (χ4v) is 2.55. The van der Waals surface area contributed by atoms with Crippen LogP contribution in [0.1, 0.15) is 5.69 Å². The number of rotatable bonds is 0. The van der Waals surface area contributed by atoms with Crippen LogP contribution in [-0.4, -0.2) is 14.4 Å². The van der Waals surface area contributed by atoms with Gasteiger partial charge in [-0.25, -0.2) is 9.97 Å². The second kappa shape index (κ2) is 3.55. The third-order valence-corrected chi connectivity index (χ3v) is 3.46. The lowest BCUT2D eigenvalue weighted by atomic mass is 10.1. The van der Waals surface area contributed by atoms with Gasteiger partial charge in [0.15, 0.2) is 0 Å². The van der Waals surface area contributed by atoms with Gasteiger partial charge in [-0.3, -0.25) is 4.40 Å². The number of benzene rings is 1. The number of ether oxygens (including phenoxy) is 1. The minimum absolute atomic E-state index is 0.519. The van der Waals surface area contributed by atoms with Crippen LogP contribution >= 0.6 is 15.9 Å². The average Bonchev–Trinajstić information content (AvgIpc) is 2.77. The maximum absolute atomic E-state index is 5.75. The summed E-state index contributed by atoms with van der Waals surface area (Å²) in [5, 5.41) is 0. The highest BCUT2D eigenvalue weighted by molar-refractivity contribution is 9.10. The van der Waals surface area contributed by atoms with Crippen LogP contribution in [0.4, 0.5) is 0 Å². The molecule has 1 aliphatic heterocycles. The molecule has 0 radical (unpaired) electrons. The third-order valence-electron chi connectivity index (χ3n) is 3.05. The maximum Gasteiger partial charge on any atom is 0.234 e. The first-order chi connectivity index (χ1) is 8.83. The maximum atomic E-state index is 5.75. The number of nitrogens with zero attached hydrogens (tertiary/aromatic N) is 3. The number of aromatic nitrogens is 3. The number of para-hydroxylation sites is 1. The number of hydrogen-bond acceptors (Lipinski definition) is 3. The molecule has 0 bridgehead atoms. The molecule has 0 amide bonds. The molecular formula is C13H8BrN3O. The Labute approximate surface area is 111 Å². The van der Waals surface area contributed by atoms with Gasteiger partial charge in [-0.05, 0) is 28.1 Å². The zero-order valence-electron chi connectivity index (χ0n) is 9.30. The SMILES string of the molecule is Brc1cnc2nc3c(n2c1)COc1ccccc1-3. The molecule has 0 spiro atoms. The molecule has 0 N–H and O–H groups in total. The lowest BCUT2D eigenvalue weighted by Gasteiger charge is -2.16.